The Kier molecular flexibility index (Phi) is 7.43. The van der Waals surface area contributed by atoms with Gasteiger partial charge in [0.25, 0.3) is 5.91 Å². The van der Waals surface area contributed by atoms with Crippen molar-refractivity contribution in [2.24, 2.45) is 0 Å². The van der Waals surface area contributed by atoms with Gasteiger partial charge in [-0.2, -0.15) is 0 Å². The van der Waals surface area contributed by atoms with Crippen molar-refractivity contribution in [1.29, 1.82) is 0 Å². The van der Waals surface area contributed by atoms with Crippen LogP contribution in [0.15, 0.2) is 53.1 Å². The Morgan fingerprint density at radius 3 is 2.70 bits per heavy atom. The van der Waals surface area contributed by atoms with Gasteiger partial charge in [-0.3, -0.25) is 9.69 Å². The second-order valence-corrected chi connectivity index (χ2v) is 7.56. The average Bonchev–Trinajstić information content (AvgIpc) is 3.48. The molecule has 1 amide bonds. The number of hydrogen-bond donors (Lipinski definition) is 1. The molecule has 1 N–H and O–H groups in total. The molecule has 0 fully saturated rings. The molecule has 0 atom stereocenters. The maximum Gasteiger partial charge on any atom is 0.273 e. The van der Waals surface area contributed by atoms with Gasteiger partial charge in [0, 0.05) is 26.7 Å². The molecule has 4 rings (SSSR count). The van der Waals surface area contributed by atoms with E-state index >= 15 is 0 Å². The van der Waals surface area contributed by atoms with Crippen molar-refractivity contribution >= 4 is 5.91 Å². The van der Waals surface area contributed by atoms with Crippen molar-refractivity contribution in [3.63, 3.8) is 0 Å². The summed E-state index contributed by atoms with van der Waals surface area (Å²) < 4.78 is 26.8. The number of ether oxygens (including phenoxy) is 4. The zero-order valence-corrected chi connectivity index (χ0v) is 18.7. The minimum Gasteiger partial charge on any atom is -0.497 e. The van der Waals surface area contributed by atoms with E-state index in [1.807, 2.05) is 42.5 Å². The highest BCUT2D eigenvalue weighted by molar-refractivity contribution is 5.91. The summed E-state index contributed by atoms with van der Waals surface area (Å²) in [4.78, 5) is 18.8. The summed E-state index contributed by atoms with van der Waals surface area (Å²) >= 11 is 0. The number of aromatic nitrogens is 1. The first-order chi connectivity index (χ1) is 16.1. The summed E-state index contributed by atoms with van der Waals surface area (Å²) in [6.45, 7) is 2.73. The van der Waals surface area contributed by atoms with E-state index < -0.39 is 0 Å². The minimum absolute atomic E-state index is 0.234. The molecule has 0 radical (unpaired) electrons. The zero-order valence-electron chi connectivity index (χ0n) is 18.7. The van der Waals surface area contributed by atoms with Crippen LogP contribution in [0, 0.1) is 0 Å². The number of carbonyl (C=O) groups is 1. The van der Waals surface area contributed by atoms with Gasteiger partial charge in [-0.15, -0.1) is 0 Å². The number of methoxy groups -OCH3 is 2. The third-order valence-electron chi connectivity index (χ3n) is 5.12. The number of nitrogens with zero attached hydrogens (tertiary/aromatic N) is 2. The largest absolute Gasteiger partial charge is 0.497 e. The van der Waals surface area contributed by atoms with Crippen LogP contribution in [0.4, 0.5) is 0 Å². The number of amides is 1. The van der Waals surface area contributed by atoms with Gasteiger partial charge in [-0.05, 0) is 35.4 Å². The number of nitrogens with one attached hydrogen (secondary N) is 1. The number of oxazole rings is 1. The fourth-order valence-electron chi connectivity index (χ4n) is 3.53. The molecule has 0 aliphatic carbocycles. The van der Waals surface area contributed by atoms with E-state index in [1.165, 1.54) is 6.26 Å². The summed E-state index contributed by atoms with van der Waals surface area (Å²) in [6, 6.07) is 13.8. The Balaban J connectivity index is 1.49. The quantitative estimate of drug-likeness (QED) is 0.443. The van der Waals surface area contributed by atoms with Gasteiger partial charge >= 0.3 is 0 Å². The van der Waals surface area contributed by atoms with Gasteiger partial charge in [-0.1, -0.05) is 18.2 Å². The highest BCUT2D eigenvalue weighted by Crippen LogP contribution is 2.33. The Bertz CT molecular complexity index is 1080. The topological polar surface area (TPSA) is 95.3 Å². The summed E-state index contributed by atoms with van der Waals surface area (Å²) in [6.07, 6.45) is 1.38. The molecule has 2 aromatic carbocycles. The van der Waals surface area contributed by atoms with Gasteiger partial charge in [0.05, 0.1) is 20.3 Å². The Morgan fingerprint density at radius 1 is 1.06 bits per heavy atom. The Morgan fingerprint density at radius 2 is 1.88 bits per heavy atom. The smallest absolute Gasteiger partial charge is 0.273 e. The number of hydrogen-bond acceptors (Lipinski definition) is 8. The number of carbonyl (C=O) groups excluding carboxylic acids is 1. The van der Waals surface area contributed by atoms with Crippen LogP contribution in [0.2, 0.25) is 0 Å². The fraction of sp³-hybridized carbons (Fsp3) is 0.333. The van der Waals surface area contributed by atoms with E-state index in [2.05, 4.69) is 15.2 Å². The monoisotopic (exact) mass is 453 g/mol. The summed E-state index contributed by atoms with van der Waals surface area (Å²) in [5.74, 6) is 2.43. The summed E-state index contributed by atoms with van der Waals surface area (Å²) in [7, 11) is 3.23. The standard InChI is InChI=1S/C24H27N3O6/c1-29-9-8-25-24(28)20-15-31-23(26-20)14-27(12-17-4-3-5-19(10-17)30-2)13-18-6-7-21-22(11-18)33-16-32-21/h3-7,10-11,15H,8-9,12-14,16H2,1-2H3,(H,25,28). The highest BCUT2D eigenvalue weighted by atomic mass is 16.7. The van der Waals surface area contributed by atoms with Crippen LogP contribution in [0.25, 0.3) is 0 Å². The summed E-state index contributed by atoms with van der Waals surface area (Å²) in [5, 5.41) is 2.74. The van der Waals surface area contributed by atoms with Crippen LogP contribution in [0.3, 0.4) is 0 Å². The van der Waals surface area contributed by atoms with E-state index in [0.29, 0.717) is 38.7 Å². The van der Waals surface area contributed by atoms with Gasteiger partial charge in [0.1, 0.15) is 12.0 Å². The van der Waals surface area contributed by atoms with Crippen LogP contribution in [-0.4, -0.2) is 50.0 Å². The molecule has 9 heteroatoms. The molecule has 3 aromatic rings. The molecule has 1 aromatic heterocycles. The van der Waals surface area contributed by atoms with Gasteiger partial charge < -0.3 is 28.7 Å². The summed E-state index contributed by atoms with van der Waals surface area (Å²) in [5.41, 5.74) is 2.39. The third kappa shape index (κ3) is 6.03. The van der Waals surface area contributed by atoms with Crippen LogP contribution < -0.4 is 19.5 Å². The number of benzene rings is 2. The molecule has 1 aliphatic heterocycles. The average molecular weight is 453 g/mol. The molecule has 9 nitrogen and oxygen atoms in total. The first kappa shape index (κ1) is 22.6. The van der Waals surface area contributed by atoms with Crippen LogP contribution in [-0.2, 0) is 24.4 Å². The molecule has 0 unspecified atom stereocenters. The van der Waals surface area contributed by atoms with Gasteiger partial charge in [-0.25, -0.2) is 4.98 Å². The molecule has 0 bridgehead atoms. The van der Waals surface area contributed by atoms with E-state index in [0.717, 1.165) is 28.4 Å². The van der Waals surface area contributed by atoms with Crippen molar-refractivity contribution in [2.45, 2.75) is 19.6 Å². The predicted octanol–water partition coefficient (Wildman–Crippen LogP) is 2.99. The first-order valence-electron chi connectivity index (χ1n) is 10.6. The van der Waals surface area contributed by atoms with Crippen molar-refractivity contribution in [3.05, 3.63) is 71.4 Å². The highest BCUT2D eigenvalue weighted by Gasteiger charge is 2.18. The van der Waals surface area contributed by atoms with E-state index in [1.54, 1.807) is 14.2 Å². The molecule has 0 saturated carbocycles. The maximum atomic E-state index is 12.2. The SMILES string of the molecule is COCCNC(=O)c1coc(CN(Cc2cccc(OC)c2)Cc2ccc3c(c2)OCO3)n1. The van der Waals surface area contributed by atoms with Gasteiger partial charge in [0.15, 0.2) is 17.2 Å². The van der Waals surface area contributed by atoms with Crippen molar-refractivity contribution in [3.8, 4) is 17.2 Å². The lowest BCUT2D eigenvalue weighted by molar-refractivity contribution is 0.0932. The molecular formula is C24H27N3O6. The first-order valence-corrected chi connectivity index (χ1v) is 10.6. The zero-order chi connectivity index (χ0) is 23.0. The maximum absolute atomic E-state index is 12.2. The Hall–Kier alpha value is -3.56. The van der Waals surface area contributed by atoms with Crippen LogP contribution in [0.5, 0.6) is 17.2 Å². The lowest BCUT2D eigenvalue weighted by atomic mass is 10.1. The molecule has 0 saturated heterocycles. The molecule has 174 valence electrons. The fourth-order valence-corrected chi connectivity index (χ4v) is 3.53. The predicted molar refractivity (Wildman–Crippen MR) is 119 cm³/mol. The second kappa shape index (κ2) is 10.8. The van der Waals surface area contributed by atoms with Crippen LogP contribution >= 0.6 is 0 Å². The molecule has 33 heavy (non-hydrogen) atoms. The van der Waals surface area contributed by atoms with E-state index in [9.17, 15) is 4.79 Å². The lowest BCUT2D eigenvalue weighted by Crippen LogP contribution is -2.27. The second-order valence-electron chi connectivity index (χ2n) is 7.56. The van der Waals surface area contributed by atoms with Gasteiger partial charge in [0.2, 0.25) is 12.7 Å². The normalized spacial score (nSPS) is 12.2. The number of fused-ring (bicyclic) bond motifs is 1. The Labute approximate surface area is 192 Å². The van der Waals surface area contributed by atoms with Crippen LogP contribution in [0.1, 0.15) is 27.5 Å². The lowest BCUT2D eigenvalue weighted by Gasteiger charge is -2.21. The third-order valence-corrected chi connectivity index (χ3v) is 5.12. The minimum atomic E-state index is -0.294. The number of rotatable bonds is 11. The molecular weight excluding hydrogens is 426 g/mol. The van der Waals surface area contributed by atoms with E-state index in [-0.39, 0.29) is 18.4 Å². The van der Waals surface area contributed by atoms with Crippen molar-refractivity contribution < 1.29 is 28.2 Å². The van der Waals surface area contributed by atoms with Crippen molar-refractivity contribution in [1.82, 2.24) is 15.2 Å². The van der Waals surface area contributed by atoms with E-state index in [4.69, 9.17) is 23.4 Å². The molecule has 0 spiro atoms. The molecule has 2 heterocycles. The molecule has 1 aliphatic rings. The van der Waals surface area contributed by atoms with Crippen molar-refractivity contribution in [2.75, 3.05) is 34.2 Å².